The molecule has 0 aliphatic rings. The summed E-state index contributed by atoms with van der Waals surface area (Å²) in [5, 5.41) is 11.6. The third-order valence-corrected chi connectivity index (χ3v) is 3.68. The molecule has 3 N–H and O–H groups in total. The lowest BCUT2D eigenvalue weighted by Crippen LogP contribution is -2.42. The van der Waals surface area contributed by atoms with E-state index in [1.54, 1.807) is 13.8 Å². The Hall–Kier alpha value is -1.83. The van der Waals surface area contributed by atoms with Gasteiger partial charge in [0.1, 0.15) is 6.04 Å². The van der Waals surface area contributed by atoms with Crippen LogP contribution in [0.5, 0.6) is 0 Å². The molecular weight excluding hydrogens is 294 g/mol. The monoisotopic (exact) mass is 313 g/mol. The smallest absolute Gasteiger partial charge is 0.345 e. The van der Waals surface area contributed by atoms with Gasteiger partial charge in [0.05, 0.1) is 6.42 Å². The van der Waals surface area contributed by atoms with Gasteiger partial charge in [-0.3, -0.25) is 4.79 Å². The van der Waals surface area contributed by atoms with Crippen LogP contribution >= 0.6 is 11.8 Å². The van der Waals surface area contributed by atoms with Crippen molar-refractivity contribution in [1.29, 1.82) is 0 Å². The predicted molar refractivity (Wildman–Crippen MR) is 80.6 cm³/mol. The molecule has 8 heteroatoms. The second-order valence-electron chi connectivity index (χ2n) is 4.65. The van der Waals surface area contributed by atoms with Crippen LogP contribution in [-0.4, -0.2) is 45.0 Å². The summed E-state index contributed by atoms with van der Waals surface area (Å²) in [6, 6.07) is -0.902. The molecule has 0 radical (unpaired) electrons. The molecule has 1 amide bonds. The molecule has 0 unspecified atom stereocenters. The standard InChI is InChI=1S/C13H19N3O4S/c1-7-9(8(2)15-13(20)14-7)6-11(17)16-10(12(18)19)4-5-21-3/h10H,4-6H2,1-3H3,(H,16,17)(H,18,19)(H,14,15,20)/t10-/m0/s1. The summed E-state index contributed by atoms with van der Waals surface area (Å²) >= 11 is 1.52. The minimum absolute atomic E-state index is 0.00943. The maximum atomic E-state index is 12.0. The van der Waals surface area contributed by atoms with Crippen molar-refractivity contribution in [3.8, 4) is 0 Å². The van der Waals surface area contributed by atoms with Crippen molar-refractivity contribution >= 4 is 23.6 Å². The van der Waals surface area contributed by atoms with Crippen LogP contribution in [0.15, 0.2) is 4.79 Å². The first-order valence-electron chi connectivity index (χ1n) is 6.42. The van der Waals surface area contributed by atoms with E-state index in [2.05, 4.69) is 15.3 Å². The molecule has 1 rings (SSSR count). The fourth-order valence-corrected chi connectivity index (χ4v) is 2.39. The molecule has 1 heterocycles. The molecule has 1 aromatic rings. The maximum Gasteiger partial charge on any atom is 0.345 e. The number of aryl methyl sites for hydroxylation is 2. The van der Waals surface area contributed by atoms with Gasteiger partial charge in [0.15, 0.2) is 0 Å². The summed E-state index contributed by atoms with van der Waals surface area (Å²) < 4.78 is 0. The number of carbonyl (C=O) groups is 2. The molecule has 21 heavy (non-hydrogen) atoms. The molecule has 0 aromatic carbocycles. The van der Waals surface area contributed by atoms with Crippen LogP contribution in [0.4, 0.5) is 0 Å². The van der Waals surface area contributed by atoms with E-state index in [0.717, 1.165) is 0 Å². The van der Waals surface area contributed by atoms with Crippen LogP contribution in [0.2, 0.25) is 0 Å². The number of nitrogens with one attached hydrogen (secondary N) is 2. The number of carboxylic acids is 1. The van der Waals surface area contributed by atoms with Crippen LogP contribution < -0.4 is 11.0 Å². The number of amides is 1. The van der Waals surface area contributed by atoms with E-state index in [1.807, 2.05) is 6.26 Å². The lowest BCUT2D eigenvalue weighted by atomic mass is 10.1. The molecule has 0 saturated heterocycles. The zero-order chi connectivity index (χ0) is 16.0. The largest absolute Gasteiger partial charge is 0.480 e. The van der Waals surface area contributed by atoms with E-state index in [9.17, 15) is 14.4 Å². The summed E-state index contributed by atoms with van der Waals surface area (Å²) in [6.45, 7) is 3.33. The highest BCUT2D eigenvalue weighted by atomic mass is 32.2. The number of H-pyrrole nitrogens is 1. The second kappa shape index (κ2) is 7.82. The van der Waals surface area contributed by atoms with Crippen LogP contribution in [-0.2, 0) is 16.0 Å². The van der Waals surface area contributed by atoms with Crippen molar-refractivity contribution in [3.63, 3.8) is 0 Å². The van der Waals surface area contributed by atoms with E-state index in [4.69, 9.17) is 5.11 Å². The lowest BCUT2D eigenvalue weighted by Gasteiger charge is -2.15. The molecule has 7 nitrogen and oxygen atoms in total. The highest BCUT2D eigenvalue weighted by molar-refractivity contribution is 7.98. The normalized spacial score (nSPS) is 12.0. The van der Waals surface area contributed by atoms with Crippen molar-refractivity contribution < 1.29 is 14.7 Å². The van der Waals surface area contributed by atoms with Gasteiger partial charge in [-0.2, -0.15) is 16.7 Å². The summed E-state index contributed by atoms with van der Waals surface area (Å²) in [4.78, 5) is 40.5. The van der Waals surface area contributed by atoms with Crippen LogP contribution in [0.1, 0.15) is 23.4 Å². The first-order chi connectivity index (χ1) is 9.85. The quantitative estimate of drug-likeness (QED) is 0.665. The maximum absolute atomic E-state index is 12.0. The molecule has 0 fully saturated rings. The Morgan fingerprint density at radius 3 is 2.62 bits per heavy atom. The van der Waals surface area contributed by atoms with Gasteiger partial charge in [0, 0.05) is 17.0 Å². The van der Waals surface area contributed by atoms with Gasteiger partial charge in [-0.15, -0.1) is 0 Å². The Morgan fingerprint density at radius 2 is 2.10 bits per heavy atom. The molecule has 1 atom stereocenters. The van der Waals surface area contributed by atoms with Crippen LogP contribution in [0.3, 0.4) is 0 Å². The number of rotatable bonds is 7. The second-order valence-corrected chi connectivity index (χ2v) is 5.63. The zero-order valence-corrected chi connectivity index (χ0v) is 13.0. The number of thioether (sulfide) groups is 1. The Labute approximate surface area is 126 Å². The fourth-order valence-electron chi connectivity index (χ4n) is 1.91. The zero-order valence-electron chi connectivity index (χ0n) is 12.2. The Balaban J connectivity index is 2.77. The van der Waals surface area contributed by atoms with Crippen molar-refractivity contribution in [2.24, 2.45) is 0 Å². The Kier molecular flexibility index (Phi) is 6.41. The van der Waals surface area contributed by atoms with Crippen LogP contribution in [0, 0.1) is 13.8 Å². The molecule has 0 spiro atoms. The first-order valence-corrected chi connectivity index (χ1v) is 7.82. The summed E-state index contributed by atoms with van der Waals surface area (Å²) in [5.41, 5.74) is 1.19. The Bertz CT molecular complexity index is 559. The minimum atomic E-state index is -1.05. The number of hydrogen-bond donors (Lipinski definition) is 3. The van der Waals surface area contributed by atoms with E-state index >= 15 is 0 Å². The molecule has 116 valence electrons. The number of carbonyl (C=O) groups excluding carboxylic acids is 1. The third kappa shape index (κ3) is 5.22. The lowest BCUT2D eigenvalue weighted by molar-refractivity contribution is -0.141. The Morgan fingerprint density at radius 1 is 1.43 bits per heavy atom. The van der Waals surface area contributed by atoms with E-state index in [1.165, 1.54) is 11.8 Å². The molecule has 0 saturated carbocycles. The number of carboxylic acid groups (broad SMARTS) is 1. The predicted octanol–water partition coefficient (Wildman–Crippen LogP) is 0.252. The number of hydrogen-bond acceptors (Lipinski definition) is 5. The highest BCUT2D eigenvalue weighted by Crippen LogP contribution is 2.08. The highest BCUT2D eigenvalue weighted by Gasteiger charge is 2.20. The van der Waals surface area contributed by atoms with Gasteiger partial charge in [0.2, 0.25) is 5.91 Å². The number of aromatic nitrogens is 2. The average Bonchev–Trinajstić information content (AvgIpc) is 2.38. The molecule has 0 bridgehead atoms. The van der Waals surface area contributed by atoms with E-state index in [0.29, 0.717) is 29.1 Å². The summed E-state index contributed by atoms with van der Waals surface area (Å²) in [6.07, 6.45) is 2.23. The van der Waals surface area contributed by atoms with Gasteiger partial charge >= 0.3 is 11.7 Å². The third-order valence-electron chi connectivity index (χ3n) is 3.03. The van der Waals surface area contributed by atoms with E-state index in [-0.39, 0.29) is 6.42 Å². The first kappa shape index (κ1) is 17.2. The molecule has 0 aliphatic carbocycles. The molecule has 1 aromatic heterocycles. The molecular formula is C13H19N3O4S. The van der Waals surface area contributed by atoms with Gasteiger partial charge < -0.3 is 15.4 Å². The van der Waals surface area contributed by atoms with Gasteiger partial charge in [-0.1, -0.05) is 0 Å². The SMILES string of the molecule is CSCC[C@H](NC(=O)Cc1c(C)nc(=O)[nH]c1C)C(=O)O. The topological polar surface area (TPSA) is 112 Å². The summed E-state index contributed by atoms with van der Waals surface area (Å²) in [7, 11) is 0. The van der Waals surface area contributed by atoms with Gasteiger partial charge in [0.25, 0.3) is 0 Å². The minimum Gasteiger partial charge on any atom is -0.480 e. The average molecular weight is 313 g/mol. The van der Waals surface area contributed by atoms with Gasteiger partial charge in [-0.05, 0) is 32.3 Å². The van der Waals surface area contributed by atoms with Crippen molar-refractivity contribution in [3.05, 3.63) is 27.4 Å². The number of nitrogens with zero attached hydrogens (tertiary/aromatic N) is 1. The van der Waals surface area contributed by atoms with Crippen molar-refractivity contribution in [1.82, 2.24) is 15.3 Å². The number of aromatic amines is 1. The fraction of sp³-hybridized carbons (Fsp3) is 0.538. The van der Waals surface area contributed by atoms with Crippen LogP contribution in [0.25, 0.3) is 0 Å². The van der Waals surface area contributed by atoms with Gasteiger partial charge in [-0.25, -0.2) is 9.59 Å². The number of aliphatic carboxylic acids is 1. The molecule has 0 aliphatic heterocycles. The van der Waals surface area contributed by atoms with E-state index < -0.39 is 23.6 Å². The summed E-state index contributed by atoms with van der Waals surface area (Å²) in [5.74, 6) is -0.802. The van der Waals surface area contributed by atoms with Crippen molar-refractivity contribution in [2.75, 3.05) is 12.0 Å². The van der Waals surface area contributed by atoms with Crippen molar-refractivity contribution in [2.45, 2.75) is 32.7 Å².